The van der Waals surface area contributed by atoms with E-state index in [0.717, 1.165) is 38.6 Å². The number of thiol groups is 1. The van der Waals surface area contributed by atoms with Crippen LogP contribution in [-0.2, 0) is 4.74 Å². The second-order valence-electron chi connectivity index (χ2n) is 2.23. The Morgan fingerprint density at radius 3 is 3.00 bits per heavy atom. The molecule has 1 aliphatic rings. The number of nitrogens with zero attached hydrogens (tertiary/aromatic N) is 1. The van der Waals surface area contributed by atoms with Crippen molar-refractivity contribution in [1.82, 2.24) is 4.90 Å². The fourth-order valence-electron chi connectivity index (χ4n) is 0.939. The van der Waals surface area contributed by atoms with Crippen molar-refractivity contribution in [2.45, 2.75) is 6.42 Å². The van der Waals surface area contributed by atoms with Crippen LogP contribution in [-0.4, -0.2) is 37.1 Å². The molecule has 0 amide bonds. The van der Waals surface area contributed by atoms with Gasteiger partial charge in [0, 0.05) is 25.6 Å². The number of hydrogen-bond acceptors (Lipinski definition) is 3. The number of hydrogen-bond donors (Lipinski definition) is 1. The van der Waals surface area contributed by atoms with Crippen LogP contribution >= 0.6 is 12.6 Å². The van der Waals surface area contributed by atoms with Crippen molar-refractivity contribution in [2.24, 2.45) is 0 Å². The molecule has 1 aliphatic heterocycles. The lowest BCUT2D eigenvalue weighted by atomic mass is 10.4. The van der Waals surface area contributed by atoms with E-state index in [2.05, 4.69) is 17.5 Å². The van der Waals surface area contributed by atoms with E-state index in [4.69, 9.17) is 4.74 Å². The molecule has 2 nitrogen and oxygen atoms in total. The topological polar surface area (TPSA) is 12.5 Å². The Morgan fingerprint density at radius 1 is 1.33 bits per heavy atom. The molecule has 0 atom stereocenters. The van der Waals surface area contributed by atoms with Gasteiger partial charge in [0.15, 0.2) is 0 Å². The van der Waals surface area contributed by atoms with Crippen molar-refractivity contribution in [3.05, 3.63) is 0 Å². The molecule has 0 unspecified atom stereocenters. The molecule has 1 rings (SSSR count). The van der Waals surface area contributed by atoms with Gasteiger partial charge < -0.3 is 4.74 Å². The van der Waals surface area contributed by atoms with Crippen molar-refractivity contribution in [2.75, 3.05) is 32.2 Å². The summed E-state index contributed by atoms with van der Waals surface area (Å²) in [5.74, 6) is 0.864. The average Bonchev–Trinajstić information content (AvgIpc) is 2.13. The van der Waals surface area contributed by atoms with E-state index in [-0.39, 0.29) is 0 Å². The van der Waals surface area contributed by atoms with Gasteiger partial charge in [0.2, 0.25) is 0 Å². The minimum atomic E-state index is 0.864. The highest BCUT2D eigenvalue weighted by atomic mass is 32.1. The van der Waals surface area contributed by atoms with Crippen molar-refractivity contribution in [3.8, 4) is 0 Å². The van der Waals surface area contributed by atoms with Crippen LogP contribution in [0.1, 0.15) is 6.42 Å². The molecule has 9 heavy (non-hydrogen) atoms. The van der Waals surface area contributed by atoms with Gasteiger partial charge in [0.1, 0.15) is 0 Å². The molecule has 0 aromatic heterocycles. The molecule has 0 aromatic rings. The Labute approximate surface area is 61.6 Å². The van der Waals surface area contributed by atoms with E-state index in [1.165, 1.54) is 0 Å². The average molecular weight is 147 g/mol. The van der Waals surface area contributed by atoms with Crippen molar-refractivity contribution < 1.29 is 4.74 Å². The van der Waals surface area contributed by atoms with Gasteiger partial charge in [-0.15, -0.1) is 0 Å². The third kappa shape index (κ3) is 2.56. The van der Waals surface area contributed by atoms with Crippen molar-refractivity contribution in [3.63, 3.8) is 0 Å². The molecule has 0 radical (unpaired) electrons. The van der Waals surface area contributed by atoms with Gasteiger partial charge in [-0.25, -0.2) is 0 Å². The zero-order valence-corrected chi connectivity index (χ0v) is 6.44. The Kier molecular flexibility index (Phi) is 3.40. The van der Waals surface area contributed by atoms with Crippen molar-refractivity contribution >= 4 is 12.6 Å². The second-order valence-corrected chi connectivity index (χ2v) is 2.51. The van der Waals surface area contributed by atoms with Gasteiger partial charge in [-0.05, 0) is 6.42 Å². The summed E-state index contributed by atoms with van der Waals surface area (Å²) in [6.07, 6.45) is 1.15. The van der Waals surface area contributed by atoms with E-state index in [1.807, 2.05) is 0 Å². The largest absolute Gasteiger partial charge is 0.380 e. The third-order valence-electron chi connectivity index (χ3n) is 1.51. The highest BCUT2D eigenvalue weighted by Crippen LogP contribution is 1.98. The molecular weight excluding hydrogens is 134 g/mol. The van der Waals surface area contributed by atoms with Gasteiger partial charge in [-0.2, -0.15) is 12.6 Å². The summed E-state index contributed by atoms with van der Waals surface area (Å²) in [6, 6.07) is 0. The predicted octanol–water partition coefficient (Wildman–Crippen LogP) is 0.596. The first-order valence-corrected chi connectivity index (χ1v) is 3.97. The molecule has 1 fully saturated rings. The van der Waals surface area contributed by atoms with Crippen LogP contribution in [0.25, 0.3) is 0 Å². The lowest BCUT2D eigenvalue weighted by Gasteiger charge is -2.14. The van der Waals surface area contributed by atoms with Crippen LogP contribution in [0.4, 0.5) is 0 Å². The smallest absolute Gasteiger partial charge is 0.0593 e. The molecule has 3 heteroatoms. The molecular formula is C6H13NOS. The molecule has 54 valence electrons. The van der Waals surface area contributed by atoms with Gasteiger partial charge in [-0.1, -0.05) is 0 Å². The molecule has 0 saturated carbocycles. The lowest BCUT2D eigenvalue weighted by molar-refractivity contribution is 0.144. The standard InChI is InChI=1S/C6H13NOS/c9-6-7-2-1-4-8-5-3-7/h9H,1-6H2. The van der Waals surface area contributed by atoms with Gasteiger partial charge in [0.05, 0.1) is 6.61 Å². The monoisotopic (exact) mass is 147 g/mol. The van der Waals surface area contributed by atoms with Gasteiger partial charge >= 0.3 is 0 Å². The Balaban J connectivity index is 2.18. The van der Waals surface area contributed by atoms with Crippen molar-refractivity contribution in [1.29, 1.82) is 0 Å². The van der Waals surface area contributed by atoms with Crippen LogP contribution < -0.4 is 0 Å². The zero-order valence-electron chi connectivity index (χ0n) is 5.55. The molecule has 0 aromatic carbocycles. The molecule has 1 saturated heterocycles. The van der Waals surface area contributed by atoms with E-state index in [0.29, 0.717) is 0 Å². The van der Waals surface area contributed by atoms with Crippen LogP contribution in [0.2, 0.25) is 0 Å². The fraction of sp³-hybridized carbons (Fsp3) is 1.00. The zero-order chi connectivity index (χ0) is 6.53. The summed E-state index contributed by atoms with van der Waals surface area (Å²) in [4.78, 5) is 2.29. The maximum absolute atomic E-state index is 5.25. The van der Waals surface area contributed by atoms with E-state index >= 15 is 0 Å². The van der Waals surface area contributed by atoms with Crippen LogP contribution in [0.3, 0.4) is 0 Å². The number of ether oxygens (including phenoxy) is 1. The quantitative estimate of drug-likeness (QED) is 0.545. The molecule has 0 aliphatic carbocycles. The first-order chi connectivity index (χ1) is 4.43. The highest BCUT2D eigenvalue weighted by molar-refractivity contribution is 7.80. The summed E-state index contributed by atoms with van der Waals surface area (Å²) in [5.41, 5.74) is 0. The maximum Gasteiger partial charge on any atom is 0.0593 e. The first-order valence-electron chi connectivity index (χ1n) is 3.34. The predicted molar refractivity (Wildman–Crippen MR) is 40.9 cm³/mol. The summed E-state index contributed by atoms with van der Waals surface area (Å²) in [7, 11) is 0. The maximum atomic E-state index is 5.25. The third-order valence-corrected chi connectivity index (χ3v) is 1.91. The minimum absolute atomic E-state index is 0.864. The summed E-state index contributed by atoms with van der Waals surface area (Å²) >= 11 is 4.18. The fourth-order valence-corrected chi connectivity index (χ4v) is 1.22. The minimum Gasteiger partial charge on any atom is -0.380 e. The normalized spacial score (nSPS) is 23.7. The Bertz CT molecular complexity index is 71.5. The van der Waals surface area contributed by atoms with E-state index < -0.39 is 0 Å². The molecule has 0 bridgehead atoms. The van der Waals surface area contributed by atoms with Crippen LogP contribution in [0.5, 0.6) is 0 Å². The SMILES string of the molecule is SCN1CCCOCC1. The van der Waals surface area contributed by atoms with Crippen LogP contribution in [0, 0.1) is 0 Å². The van der Waals surface area contributed by atoms with Crippen LogP contribution in [0.15, 0.2) is 0 Å². The molecule has 0 N–H and O–H groups in total. The lowest BCUT2D eigenvalue weighted by Crippen LogP contribution is -2.24. The van der Waals surface area contributed by atoms with E-state index in [1.54, 1.807) is 0 Å². The second kappa shape index (κ2) is 4.14. The van der Waals surface area contributed by atoms with Gasteiger partial charge in [-0.3, -0.25) is 4.90 Å². The Hall–Kier alpha value is 0.270. The number of rotatable bonds is 1. The molecule has 0 spiro atoms. The van der Waals surface area contributed by atoms with E-state index in [9.17, 15) is 0 Å². The Morgan fingerprint density at radius 2 is 2.22 bits per heavy atom. The molecule has 1 heterocycles. The summed E-state index contributed by atoms with van der Waals surface area (Å²) < 4.78 is 5.25. The highest BCUT2D eigenvalue weighted by Gasteiger charge is 2.05. The summed E-state index contributed by atoms with van der Waals surface area (Å²) in [6.45, 7) is 3.98. The summed E-state index contributed by atoms with van der Waals surface area (Å²) in [5, 5.41) is 0. The van der Waals surface area contributed by atoms with Gasteiger partial charge in [0.25, 0.3) is 0 Å². The first kappa shape index (κ1) is 7.38.